The summed E-state index contributed by atoms with van der Waals surface area (Å²) in [6, 6.07) is 3.84. The average molecular weight is 281 g/mol. The van der Waals surface area contributed by atoms with Gasteiger partial charge in [-0.05, 0) is 12.1 Å². The minimum atomic E-state index is -4.85. The van der Waals surface area contributed by atoms with E-state index in [0.29, 0.717) is 12.3 Å². The molecule has 0 radical (unpaired) electrons. The summed E-state index contributed by atoms with van der Waals surface area (Å²) in [7, 11) is 0. The van der Waals surface area contributed by atoms with E-state index in [1.165, 1.54) is 6.07 Å². The molecule has 0 bridgehead atoms. The third-order valence-electron chi connectivity index (χ3n) is 2.28. The molecule has 1 heterocycles. The van der Waals surface area contributed by atoms with Crippen molar-refractivity contribution in [1.29, 1.82) is 0 Å². The van der Waals surface area contributed by atoms with Gasteiger partial charge in [0.25, 0.3) is 0 Å². The SMILES string of the molecule is FC(F)(F)c1ccccc1-n1nncc1C(F)(F)F. The zero-order valence-electron chi connectivity index (χ0n) is 9.00. The summed E-state index contributed by atoms with van der Waals surface area (Å²) < 4.78 is 76.1. The van der Waals surface area contributed by atoms with Crippen molar-refractivity contribution in [2.75, 3.05) is 0 Å². The fourth-order valence-electron chi connectivity index (χ4n) is 1.50. The lowest BCUT2D eigenvalue weighted by Gasteiger charge is -2.14. The number of rotatable bonds is 1. The van der Waals surface area contributed by atoms with Gasteiger partial charge in [-0.2, -0.15) is 26.3 Å². The second kappa shape index (κ2) is 4.25. The molecule has 19 heavy (non-hydrogen) atoms. The maximum atomic E-state index is 12.7. The topological polar surface area (TPSA) is 30.7 Å². The summed E-state index contributed by atoms with van der Waals surface area (Å²) in [4.78, 5) is 0. The van der Waals surface area contributed by atoms with Gasteiger partial charge in [0.2, 0.25) is 0 Å². The number of para-hydroxylation sites is 1. The van der Waals surface area contributed by atoms with Crippen LogP contribution in [-0.2, 0) is 12.4 Å². The summed E-state index contributed by atoms with van der Waals surface area (Å²) in [6.45, 7) is 0. The Labute approximate surface area is 102 Å². The number of benzene rings is 1. The van der Waals surface area contributed by atoms with Crippen LogP contribution >= 0.6 is 0 Å². The minimum absolute atomic E-state index is 0.128. The van der Waals surface area contributed by atoms with Gasteiger partial charge in [0.05, 0.1) is 17.4 Å². The fraction of sp³-hybridized carbons (Fsp3) is 0.200. The molecular formula is C10H5F6N3. The lowest BCUT2D eigenvalue weighted by molar-refractivity contribution is -0.144. The Hall–Kier alpha value is -2.06. The van der Waals surface area contributed by atoms with Crippen molar-refractivity contribution < 1.29 is 26.3 Å². The Kier molecular flexibility index (Phi) is 2.99. The highest BCUT2D eigenvalue weighted by atomic mass is 19.4. The van der Waals surface area contributed by atoms with Crippen molar-refractivity contribution in [2.45, 2.75) is 12.4 Å². The molecule has 0 atom stereocenters. The van der Waals surface area contributed by atoms with Crippen LogP contribution in [0.15, 0.2) is 30.5 Å². The monoisotopic (exact) mass is 281 g/mol. The molecule has 0 aliphatic carbocycles. The van der Waals surface area contributed by atoms with Crippen molar-refractivity contribution in [3.63, 3.8) is 0 Å². The Balaban J connectivity index is 2.65. The van der Waals surface area contributed by atoms with Crippen LogP contribution in [0.3, 0.4) is 0 Å². The molecule has 0 aliphatic rings. The predicted molar refractivity (Wildman–Crippen MR) is 51.4 cm³/mol. The fourth-order valence-corrected chi connectivity index (χ4v) is 1.50. The molecule has 2 aromatic rings. The van der Waals surface area contributed by atoms with Crippen LogP contribution < -0.4 is 0 Å². The molecule has 0 amide bonds. The molecule has 0 unspecified atom stereocenters. The normalized spacial score (nSPS) is 12.7. The number of nitrogens with zero attached hydrogens (tertiary/aromatic N) is 3. The first-order chi connectivity index (χ1) is 8.71. The van der Waals surface area contributed by atoms with Crippen molar-refractivity contribution in [3.05, 3.63) is 41.7 Å². The minimum Gasteiger partial charge on any atom is -0.208 e. The van der Waals surface area contributed by atoms with E-state index in [1.54, 1.807) is 0 Å². The van der Waals surface area contributed by atoms with Gasteiger partial charge in [-0.25, -0.2) is 4.68 Å². The maximum Gasteiger partial charge on any atom is 0.435 e. The van der Waals surface area contributed by atoms with Gasteiger partial charge < -0.3 is 0 Å². The second-order valence-electron chi connectivity index (χ2n) is 3.54. The van der Waals surface area contributed by atoms with Gasteiger partial charge >= 0.3 is 12.4 Å². The van der Waals surface area contributed by atoms with Gasteiger partial charge in [0.15, 0.2) is 5.69 Å². The number of halogens is 6. The summed E-state index contributed by atoms with van der Waals surface area (Å²) in [5, 5.41) is 6.09. The first kappa shape index (κ1) is 13.4. The number of alkyl halides is 6. The molecule has 9 heteroatoms. The van der Waals surface area contributed by atoms with Gasteiger partial charge in [0, 0.05) is 0 Å². The van der Waals surface area contributed by atoms with Crippen molar-refractivity contribution in [1.82, 2.24) is 15.0 Å². The van der Waals surface area contributed by atoms with Crippen molar-refractivity contribution in [2.24, 2.45) is 0 Å². The predicted octanol–water partition coefficient (Wildman–Crippen LogP) is 3.30. The first-order valence-corrected chi connectivity index (χ1v) is 4.86. The van der Waals surface area contributed by atoms with E-state index in [9.17, 15) is 26.3 Å². The maximum absolute atomic E-state index is 12.7. The van der Waals surface area contributed by atoms with E-state index in [-0.39, 0.29) is 4.68 Å². The van der Waals surface area contributed by atoms with Crippen molar-refractivity contribution >= 4 is 0 Å². The Bertz CT molecular complexity index is 583. The lowest BCUT2D eigenvalue weighted by atomic mass is 10.1. The molecule has 3 nitrogen and oxygen atoms in total. The van der Waals surface area contributed by atoms with E-state index in [0.717, 1.165) is 12.1 Å². The smallest absolute Gasteiger partial charge is 0.208 e. The third kappa shape index (κ3) is 2.54. The van der Waals surface area contributed by atoms with Gasteiger partial charge in [-0.15, -0.1) is 5.10 Å². The van der Waals surface area contributed by atoms with Crippen LogP contribution in [0.5, 0.6) is 0 Å². The van der Waals surface area contributed by atoms with E-state index in [2.05, 4.69) is 10.3 Å². The molecule has 0 spiro atoms. The first-order valence-electron chi connectivity index (χ1n) is 4.86. The van der Waals surface area contributed by atoms with Crippen LogP contribution in [0, 0.1) is 0 Å². The number of hydrogen-bond acceptors (Lipinski definition) is 2. The summed E-state index contributed by atoms with van der Waals surface area (Å²) >= 11 is 0. The molecule has 0 N–H and O–H groups in total. The molecule has 1 aromatic heterocycles. The third-order valence-corrected chi connectivity index (χ3v) is 2.28. The standard InChI is InChI=1S/C10H5F6N3/c11-9(12,13)6-3-1-2-4-7(6)19-8(5-17-18-19)10(14,15)16/h1-5H. The summed E-state index contributed by atoms with van der Waals surface area (Å²) in [5.41, 5.74) is -3.31. The molecule has 0 aliphatic heterocycles. The van der Waals surface area contributed by atoms with Crippen LogP contribution in [0.2, 0.25) is 0 Å². The lowest BCUT2D eigenvalue weighted by Crippen LogP contribution is -2.17. The quantitative estimate of drug-likeness (QED) is 0.751. The number of hydrogen-bond donors (Lipinski definition) is 0. The zero-order chi connectivity index (χ0) is 14.3. The Morgan fingerprint density at radius 2 is 1.53 bits per heavy atom. The Morgan fingerprint density at radius 3 is 2.11 bits per heavy atom. The van der Waals surface area contributed by atoms with E-state index >= 15 is 0 Å². The molecule has 0 saturated carbocycles. The highest BCUT2D eigenvalue weighted by molar-refractivity contribution is 5.43. The van der Waals surface area contributed by atoms with E-state index in [4.69, 9.17) is 0 Å². The molecule has 102 valence electrons. The van der Waals surface area contributed by atoms with Crippen LogP contribution in [-0.4, -0.2) is 15.0 Å². The molecule has 0 fully saturated rings. The zero-order valence-corrected chi connectivity index (χ0v) is 9.00. The van der Waals surface area contributed by atoms with Gasteiger partial charge in [-0.1, -0.05) is 17.3 Å². The molecular weight excluding hydrogens is 276 g/mol. The molecule has 1 aromatic carbocycles. The van der Waals surface area contributed by atoms with Crippen molar-refractivity contribution in [3.8, 4) is 5.69 Å². The summed E-state index contributed by atoms with van der Waals surface area (Å²) in [5.74, 6) is 0. The van der Waals surface area contributed by atoms with E-state index in [1.807, 2.05) is 0 Å². The second-order valence-corrected chi connectivity index (χ2v) is 3.54. The van der Waals surface area contributed by atoms with Gasteiger partial charge in [0.1, 0.15) is 0 Å². The van der Waals surface area contributed by atoms with Crippen LogP contribution in [0.4, 0.5) is 26.3 Å². The Morgan fingerprint density at radius 1 is 0.895 bits per heavy atom. The highest BCUT2D eigenvalue weighted by Crippen LogP contribution is 2.36. The van der Waals surface area contributed by atoms with Crippen LogP contribution in [0.25, 0.3) is 5.69 Å². The highest BCUT2D eigenvalue weighted by Gasteiger charge is 2.39. The molecule has 0 saturated heterocycles. The molecule has 2 rings (SSSR count). The largest absolute Gasteiger partial charge is 0.435 e. The average Bonchev–Trinajstić information content (AvgIpc) is 2.76. The van der Waals surface area contributed by atoms with Crippen LogP contribution in [0.1, 0.15) is 11.3 Å². The van der Waals surface area contributed by atoms with Gasteiger partial charge in [-0.3, -0.25) is 0 Å². The van der Waals surface area contributed by atoms with E-state index < -0.39 is 29.3 Å². The summed E-state index contributed by atoms with van der Waals surface area (Å²) in [6.07, 6.45) is -9.26. The number of aromatic nitrogens is 3.